The van der Waals surface area contributed by atoms with Crippen molar-refractivity contribution in [2.24, 2.45) is 16.6 Å². The fraction of sp³-hybridized carbons (Fsp3) is 0.667. The van der Waals surface area contributed by atoms with Crippen LogP contribution in [0.15, 0.2) is 17.1 Å². The SMILES string of the molecule is CC(C)/C=C\C(C)(C)N=CN. The molecule has 0 aromatic heterocycles. The summed E-state index contributed by atoms with van der Waals surface area (Å²) in [6.45, 7) is 8.32. The molecule has 2 heteroatoms. The Morgan fingerprint density at radius 2 is 1.91 bits per heavy atom. The van der Waals surface area contributed by atoms with Gasteiger partial charge in [0.05, 0.1) is 11.9 Å². The summed E-state index contributed by atoms with van der Waals surface area (Å²) in [5.41, 5.74) is 5.04. The summed E-state index contributed by atoms with van der Waals surface area (Å²) in [6.07, 6.45) is 5.55. The molecule has 0 unspecified atom stereocenters. The lowest BCUT2D eigenvalue weighted by molar-refractivity contribution is 0.650. The maximum atomic E-state index is 5.20. The number of rotatable bonds is 3. The quantitative estimate of drug-likeness (QED) is 0.376. The van der Waals surface area contributed by atoms with Crippen LogP contribution in [-0.2, 0) is 0 Å². The molecule has 0 fully saturated rings. The first-order valence-corrected chi connectivity index (χ1v) is 3.93. The molecule has 0 radical (unpaired) electrons. The van der Waals surface area contributed by atoms with Crippen molar-refractivity contribution >= 4 is 6.34 Å². The highest BCUT2D eigenvalue weighted by Gasteiger charge is 2.08. The monoisotopic (exact) mass is 154 g/mol. The van der Waals surface area contributed by atoms with Crippen molar-refractivity contribution < 1.29 is 0 Å². The average molecular weight is 154 g/mol. The molecule has 0 amide bonds. The van der Waals surface area contributed by atoms with E-state index in [0.717, 1.165) is 0 Å². The molecule has 0 aliphatic carbocycles. The van der Waals surface area contributed by atoms with Crippen LogP contribution in [0.2, 0.25) is 0 Å². The normalized spacial score (nSPS) is 13.9. The molecule has 2 nitrogen and oxygen atoms in total. The Hall–Kier alpha value is -0.790. The minimum absolute atomic E-state index is 0.154. The van der Waals surface area contributed by atoms with Crippen LogP contribution in [0.4, 0.5) is 0 Å². The molecule has 0 atom stereocenters. The summed E-state index contributed by atoms with van der Waals surface area (Å²) < 4.78 is 0. The first-order valence-electron chi connectivity index (χ1n) is 3.93. The van der Waals surface area contributed by atoms with Crippen LogP contribution in [0, 0.1) is 5.92 Å². The second-order valence-corrected chi connectivity index (χ2v) is 3.53. The Morgan fingerprint density at radius 1 is 1.36 bits per heavy atom. The molecule has 0 bridgehead atoms. The third kappa shape index (κ3) is 5.64. The van der Waals surface area contributed by atoms with Gasteiger partial charge in [0.15, 0.2) is 0 Å². The molecule has 11 heavy (non-hydrogen) atoms. The summed E-state index contributed by atoms with van der Waals surface area (Å²) in [5.74, 6) is 0.572. The van der Waals surface area contributed by atoms with Gasteiger partial charge in [-0.3, -0.25) is 4.99 Å². The third-order valence-electron chi connectivity index (χ3n) is 1.30. The van der Waals surface area contributed by atoms with Gasteiger partial charge >= 0.3 is 0 Å². The van der Waals surface area contributed by atoms with Gasteiger partial charge in [-0.05, 0) is 19.8 Å². The van der Waals surface area contributed by atoms with E-state index in [-0.39, 0.29) is 5.54 Å². The zero-order valence-corrected chi connectivity index (χ0v) is 7.83. The molecule has 2 N–H and O–H groups in total. The fourth-order valence-electron chi connectivity index (χ4n) is 0.663. The van der Waals surface area contributed by atoms with E-state index in [4.69, 9.17) is 5.73 Å². The number of hydrogen-bond acceptors (Lipinski definition) is 1. The van der Waals surface area contributed by atoms with Crippen LogP contribution >= 0.6 is 0 Å². The van der Waals surface area contributed by atoms with E-state index in [2.05, 4.69) is 31.0 Å². The maximum absolute atomic E-state index is 5.20. The molecular formula is C9H18N2. The number of allylic oxidation sites excluding steroid dienone is 1. The average Bonchev–Trinajstić information content (AvgIpc) is 1.84. The molecule has 0 aliphatic rings. The Labute approximate surface area is 69.2 Å². The minimum Gasteiger partial charge on any atom is -0.390 e. The van der Waals surface area contributed by atoms with E-state index in [1.807, 2.05) is 13.8 Å². The Kier molecular flexibility index (Phi) is 3.86. The smallest absolute Gasteiger partial charge is 0.0808 e. The molecule has 0 aromatic rings. The van der Waals surface area contributed by atoms with Gasteiger partial charge in [0.1, 0.15) is 0 Å². The highest BCUT2D eigenvalue weighted by Crippen LogP contribution is 2.11. The summed E-state index contributed by atoms with van der Waals surface area (Å²) in [7, 11) is 0. The lowest BCUT2D eigenvalue weighted by Crippen LogP contribution is -2.14. The van der Waals surface area contributed by atoms with Crippen molar-refractivity contribution in [3.63, 3.8) is 0 Å². The zero-order valence-electron chi connectivity index (χ0n) is 7.83. The van der Waals surface area contributed by atoms with Gasteiger partial charge in [0, 0.05) is 0 Å². The zero-order chi connectivity index (χ0) is 8.91. The van der Waals surface area contributed by atoms with Crippen molar-refractivity contribution in [3.8, 4) is 0 Å². The summed E-state index contributed by atoms with van der Waals surface area (Å²) in [5, 5.41) is 0. The van der Waals surface area contributed by atoms with Crippen molar-refractivity contribution in [2.75, 3.05) is 0 Å². The molecule has 0 saturated heterocycles. The number of hydrogen-bond donors (Lipinski definition) is 1. The molecule has 0 aliphatic heterocycles. The molecule has 0 aromatic carbocycles. The first-order chi connectivity index (χ1) is 4.98. The second kappa shape index (κ2) is 4.16. The summed E-state index contributed by atoms with van der Waals surface area (Å²) >= 11 is 0. The Bertz CT molecular complexity index is 155. The standard InChI is InChI=1S/C9H18N2/c1-8(2)5-6-9(3,4)11-7-10/h5-8H,1-4H3,(H2,10,11)/b6-5-. The lowest BCUT2D eigenvalue weighted by atomic mass is 10.0. The molecular weight excluding hydrogens is 136 g/mol. The van der Waals surface area contributed by atoms with Gasteiger partial charge in [-0.1, -0.05) is 26.0 Å². The van der Waals surface area contributed by atoms with E-state index in [9.17, 15) is 0 Å². The number of nitrogens with zero attached hydrogens (tertiary/aromatic N) is 1. The van der Waals surface area contributed by atoms with Crippen LogP contribution in [-0.4, -0.2) is 11.9 Å². The molecule has 0 heterocycles. The number of nitrogens with two attached hydrogens (primary N) is 1. The largest absolute Gasteiger partial charge is 0.390 e. The predicted molar refractivity (Wildman–Crippen MR) is 50.7 cm³/mol. The maximum Gasteiger partial charge on any atom is 0.0808 e. The lowest BCUT2D eigenvalue weighted by Gasteiger charge is -2.13. The second-order valence-electron chi connectivity index (χ2n) is 3.53. The molecule has 0 spiro atoms. The van der Waals surface area contributed by atoms with Gasteiger partial charge in [-0.25, -0.2) is 0 Å². The number of aliphatic imine (C=N–C) groups is 1. The van der Waals surface area contributed by atoms with Gasteiger partial charge in [0.25, 0.3) is 0 Å². The summed E-state index contributed by atoms with van der Waals surface area (Å²) in [4.78, 5) is 4.09. The van der Waals surface area contributed by atoms with Gasteiger partial charge in [0.2, 0.25) is 0 Å². The van der Waals surface area contributed by atoms with E-state index in [1.54, 1.807) is 0 Å². The highest BCUT2D eigenvalue weighted by molar-refractivity contribution is 5.52. The van der Waals surface area contributed by atoms with Gasteiger partial charge in [-0.15, -0.1) is 0 Å². The van der Waals surface area contributed by atoms with E-state index in [1.165, 1.54) is 6.34 Å². The fourth-order valence-corrected chi connectivity index (χ4v) is 0.663. The van der Waals surface area contributed by atoms with Crippen LogP contribution < -0.4 is 5.73 Å². The van der Waals surface area contributed by atoms with Crippen LogP contribution in [0.5, 0.6) is 0 Å². The van der Waals surface area contributed by atoms with Crippen LogP contribution in [0.1, 0.15) is 27.7 Å². The van der Waals surface area contributed by atoms with Crippen molar-refractivity contribution in [3.05, 3.63) is 12.2 Å². The molecule has 0 rings (SSSR count). The highest BCUT2D eigenvalue weighted by atomic mass is 14.9. The van der Waals surface area contributed by atoms with E-state index >= 15 is 0 Å². The molecule has 64 valence electrons. The van der Waals surface area contributed by atoms with Gasteiger partial charge in [-0.2, -0.15) is 0 Å². The van der Waals surface area contributed by atoms with Crippen LogP contribution in [0.25, 0.3) is 0 Å². The van der Waals surface area contributed by atoms with Gasteiger partial charge < -0.3 is 5.73 Å². The third-order valence-corrected chi connectivity index (χ3v) is 1.30. The van der Waals surface area contributed by atoms with E-state index in [0.29, 0.717) is 5.92 Å². The predicted octanol–water partition coefficient (Wildman–Crippen LogP) is 1.96. The Morgan fingerprint density at radius 3 is 2.27 bits per heavy atom. The first kappa shape index (κ1) is 10.2. The minimum atomic E-state index is -0.154. The topological polar surface area (TPSA) is 38.4 Å². The van der Waals surface area contributed by atoms with E-state index < -0.39 is 0 Å². The van der Waals surface area contributed by atoms with Crippen molar-refractivity contribution in [2.45, 2.75) is 33.2 Å². The van der Waals surface area contributed by atoms with Crippen molar-refractivity contribution in [1.82, 2.24) is 0 Å². The van der Waals surface area contributed by atoms with Crippen molar-refractivity contribution in [1.29, 1.82) is 0 Å². The summed E-state index contributed by atoms with van der Waals surface area (Å²) in [6, 6.07) is 0. The molecule has 0 saturated carbocycles. The Balaban J connectivity index is 4.11. The van der Waals surface area contributed by atoms with Crippen LogP contribution in [0.3, 0.4) is 0 Å².